The Morgan fingerprint density at radius 2 is 2.03 bits per heavy atom. The van der Waals surface area contributed by atoms with Crippen molar-refractivity contribution in [3.63, 3.8) is 0 Å². The molecule has 1 atom stereocenters. The average molecular weight is 467 g/mol. The minimum Gasteiger partial charge on any atom is -0.407 e. The second-order valence-electron chi connectivity index (χ2n) is 6.96. The highest BCUT2D eigenvalue weighted by Crippen LogP contribution is 2.28. The Morgan fingerprint density at radius 3 is 2.73 bits per heavy atom. The summed E-state index contributed by atoms with van der Waals surface area (Å²) in [5.74, 6) is -0.156. The molecule has 0 saturated carbocycles. The number of amides is 1. The molecule has 0 radical (unpaired) electrons. The molecule has 11 heteroatoms. The molecule has 30 heavy (non-hydrogen) atoms. The lowest BCUT2D eigenvalue weighted by Gasteiger charge is -2.22. The fraction of sp³-hybridized carbons (Fsp3) is 0.316. The molecular weight excluding hydrogens is 448 g/mol. The normalized spacial score (nSPS) is 17.3. The quantitative estimate of drug-likeness (QED) is 0.596. The standard InChI is InChI=1S/C19H19ClN4O4S2/c1-12-4-7-14(8-5-12)30(26,27)24-10-2-3-15(24)18(25)21-19-23-22-17(28-19)11-13-6-9-16(20)29-13/h4-9,15H,2-3,10-11H2,1H3,(H,21,23,25). The van der Waals surface area contributed by atoms with Crippen LogP contribution in [-0.2, 0) is 21.2 Å². The summed E-state index contributed by atoms with van der Waals surface area (Å²) in [4.78, 5) is 13.9. The molecule has 1 amide bonds. The molecule has 0 aliphatic carbocycles. The third-order valence-electron chi connectivity index (χ3n) is 4.79. The van der Waals surface area contributed by atoms with E-state index in [-0.39, 0.29) is 17.5 Å². The fourth-order valence-electron chi connectivity index (χ4n) is 3.30. The Hall–Kier alpha value is -2.27. The minimum atomic E-state index is -3.78. The van der Waals surface area contributed by atoms with E-state index in [2.05, 4.69) is 15.5 Å². The smallest absolute Gasteiger partial charge is 0.322 e. The highest BCUT2D eigenvalue weighted by Gasteiger charge is 2.39. The van der Waals surface area contributed by atoms with Crippen molar-refractivity contribution in [1.29, 1.82) is 0 Å². The van der Waals surface area contributed by atoms with E-state index >= 15 is 0 Å². The molecule has 8 nitrogen and oxygen atoms in total. The van der Waals surface area contributed by atoms with Gasteiger partial charge in [-0.1, -0.05) is 34.4 Å². The van der Waals surface area contributed by atoms with Crippen LogP contribution >= 0.6 is 22.9 Å². The van der Waals surface area contributed by atoms with Crippen LogP contribution in [0.5, 0.6) is 0 Å². The second-order valence-corrected chi connectivity index (χ2v) is 10.6. The van der Waals surface area contributed by atoms with Crippen LogP contribution in [0.4, 0.5) is 6.01 Å². The number of halogens is 1. The van der Waals surface area contributed by atoms with Crippen LogP contribution in [0.1, 0.15) is 29.2 Å². The van der Waals surface area contributed by atoms with Crippen LogP contribution in [0.25, 0.3) is 0 Å². The molecule has 3 aromatic rings. The SMILES string of the molecule is Cc1ccc(S(=O)(=O)N2CCCC2C(=O)Nc2nnc(Cc3ccc(Cl)s3)o2)cc1. The van der Waals surface area contributed by atoms with E-state index in [0.717, 1.165) is 10.4 Å². The van der Waals surface area contributed by atoms with Crippen molar-refractivity contribution in [2.24, 2.45) is 0 Å². The molecule has 158 valence electrons. The zero-order valence-corrected chi connectivity index (χ0v) is 18.4. The van der Waals surface area contributed by atoms with E-state index in [1.54, 1.807) is 30.3 Å². The van der Waals surface area contributed by atoms with Gasteiger partial charge in [0.25, 0.3) is 0 Å². The van der Waals surface area contributed by atoms with Crippen LogP contribution in [0.2, 0.25) is 4.34 Å². The Bertz CT molecular complexity index is 1160. The average Bonchev–Trinajstić information content (AvgIpc) is 3.44. The Morgan fingerprint density at radius 1 is 1.27 bits per heavy atom. The first-order valence-corrected chi connectivity index (χ1v) is 11.9. The maximum absolute atomic E-state index is 13.0. The molecule has 1 fully saturated rings. The lowest BCUT2D eigenvalue weighted by Crippen LogP contribution is -2.43. The number of aryl methyl sites for hydroxylation is 1. The van der Waals surface area contributed by atoms with Gasteiger partial charge in [-0.25, -0.2) is 8.42 Å². The third-order valence-corrected chi connectivity index (χ3v) is 7.94. The molecule has 3 heterocycles. The van der Waals surface area contributed by atoms with Gasteiger partial charge in [-0.3, -0.25) is 10.1 Å². The lowest BCUT2D eigenvalue weighted by atomic mass is 10.2. The fourth-order valence-corrected chi connectivity index (χ4v) is 6.03. The molecule has 1 unspecified atom stereocenters. The van der Waals surface area contributed by atoms with Gasteiger partial charge in [0.05, 0.1) is 15.7 Å². The Kier molecular flexibility index (Phi) is 5.92. The molecule has 1 N–H and O–H groups in total. The van der Waals surface area contributed by atoms with Crippen LogP contribution in [-0.4, -0.2) is 41.4 Å². The van der Waals surface area contributed by atoms with Gasteiger partial charge < -0.3 is 4.42 Å². The first-order chi connectivity index (χ1) is 14.3. The zero-order chi connectivity index (χ0) is 21.3. The Balaban J connectivity index is 1.46. The van der Waals surface area contributed by atoms with Gasteiger partial charge in [-0.2, -0.15) is 4.31 Å². The van der Waals surface area contributed by atoms with Crippen LogP contribution in [0.15, 0.2) is 45.7 Å². The van der Waals surface area contributed by atoms with Crippen molar-refractivity contribution in [2.45, 2.75) is 37.1 Å². The highest BCUT2D eigenvalue weighted by atomic mass is 35.5. The lowest BCUT2D eigenvalue weighted by molar-refractivity contribution is -0.119. The molecule has 1 aliphatic heterocycles. The summed E-state index contributed by atoms with van der Waals surface area (Å²) in [6.07, 6.45) is 1.42. The number of carbonyl (C=O) groups is 1. The Labute approximate surface area is 182 Å². The molecule has 1 aromatic carbocycles. The number of carbonyl (C=O) groups excluding carboxylic acids is 1. The summed E-state index contributed by atoms with van der Waals surface area (Å²) in [5.41, 5.74) is 0.960. The minimum absolute atomic E-state index is 0.0581. The third kappa shape index (κ3) is 4.41. The monoisotopic (exact) mass is 466 g/mol. The van der Waals surface area contributed by atoms with Crippen LogP contribution in [0, 0.1) is 6.92 Å². The van der Waals surface area contributed by atoms with Crippen LogP contribution in [0.3, 0.4) is 0 Å². The number of nitrogens with one attached hydrogen (secondary N) is 1. The first kappa shape index (κ1) is 21.0. The predicted octanol–water partition coefficient (Wildman–Crippen LogP) is 3.48. The van der Waals surface area contributed by atoms with Crippen molar-refractivity contribution in [1.82, 2.24) is 14.5 Å². The number of thiophene rings is 1. The zero-order valence-electron chi connectivity index (χ0n) is 16.0. The van der Waals surface area contributed by atoms with E-state index in [9.17, 15) is 13.2 Å². The molecule has 1 saturated heterocycles. The number of hydrogen-bond acceptors (Lipinski definition) is 7. The number of hydrogen-bond donors (Lipinski definition) is 1. The molecule has 2 aromatic heterocycles. The predicted molar refractivity (Wildman–Crippen MR) is 113 cm³/mol. The largest absolute Gasteiger partial charge is 0.407 e. The summed E-state index contributed by atoms with van der Waals surface area (Å²) in [6.45, 7) is 2.16. The number of aromatic nitrogens is 2. The summed E-state index contributed by atoms with van der Waals surface area (Å²) >= 11 is 7.32. The van der Waals surface area contributed by atoms with Gasteiger partial charge in [0.2, 0.25) is 21.8 Å². The molecule has 1 aliphatic rings. The van der Waals surface area contributed by atoms with E-state index in [1.807, 2.05) is 13.0 Å². The molecule has 0 bridgehead atoms. The van der Waals surface area contributed by atoms with Gasteiger partial charge in [0.1, 0.15) is 6.04 Å². The summed E-state index contributed by atoms with van der Waals surface area (Å²) in [5, 5.41) is 10.3. The number of benzene rings is 1. The number of rotatable bonds is 6. The number of nitrogens with zero attached hydrogens (tertiary/aromatic N) is 3. The van der Waals surface area contributed by atoms with E-state index in [1.165, 1.54) is 15.6 Å². The van der Waals surface area contributed by atoms with Gasteiger partial charge in [-0.15, -0.1) is 16.4 Å². The van der Waals surface area contributed by atoms with Gasteiger partial charge in [0, 0.05) is 11.4 Å². The highest BCUT2D eigenvalue weighted by molar-refractivity contribution is 7.89. The van der Waals surface area contributed by atoms with Crippen molar-refractivity contribution in [3.8, 4) is 0 Å². The van der Waals surface area contributed by atoms with Gasteiger partial charge >= 0.3 is 6.01 Å². The van der Waals surface area contributed by atoms with Crippen molar-refractivity contribution in [3.05, 3.63) is 57.1 Å². The molecule has 0 spiro atoms. The van der Waals surface area contributed by atoms with Crippen molar-refractivity contribution < 1.29 is 17.6 Å². The summed E-state index contributed by atoms with van der Waals surface area (Å²) in [6, 6.07) is 9.33. The van der Waals surface area contributed by atoms with Gasteiger partial charge in [-0.05, 0) is 44.0 Å². The maximum atomic E-state index is 13.0. The van der Waals surface area contributed by atoms with E-state index < -0.39 is 22.0 Å². The van der Waals surface area contributed by atoms with Crippen molar-refractivity contribution in [2.75, 3.05) is 11.9 Å². The number of sulfonamides is 1. The van der Waals surface area contributed by atoms with Gasteiger partial charge in [0.15, 0.2) is 0 Å². The molecular formula is C19H19ClN4O4S2. The first-order valence-electron chi connectivity index (χ1n) is 9.29. The topological polar surface area (TPSA) is 105 Å². The number of anilines is 1. The van der Waals surface area contributed by atoms with E-state index in [4.69, 9.17) is 16.0 Å². The summed E-state index contributed by atoms with van der Waals surface area (Å²) < 4.78 is 33.4. The van der Waals surface area contributed by atoms with Crippen molar-refractivity contribution >= 4 is 44.9 Å². The summed E-state index contributed by atoms with van der Waals surface area (Å²) in [7, 11) is -3.78. The molecule has 4 rings (SSSR count). The van der Waals surface area contributed by atoms with Crippen LogP contribution < -0.4 is 5.32 Å². The maximum Gasteiger partial charge on any atom is 0.322 e. The van der Waals surface area contributed by atoms with E-state index in [0.29, 0.717) is 29.5 Å². The second kappa shape index (κ2) is 8.46.